The van der Waals surface area contributed by atoms with Gasteiger partial charge in [0.05, 0.1) is 19.8 Å². The first-order chi connectivity index (χ1) is 9.16. The Morgan fingerprint density at radius 3 is 2.15 bits per heavy atom. The third kappa shape index (κ3) is 7.61. The Balaban J connectivity index is 0.000000511. The van der Waals surface area contributed by atoms with Gasteiger partial charge in [-0.05, 0) is 53.5 Å². The molecule has 2 atom stereocenters. The normalized spacial score (nSPS) is 12.7. The molecule has 0 aliphatic rings. The molecule has 8 heteroatoms. The first-order valence-corrected chi connectivity index (χ1v) is 8.42. The number of carbonyl (C=O) groups excluding carboxylic acids is 2. The Morgan fingerprint density at radius 1 is 1.25 bits per heavy atom. The third-order valence-electron chi connectivity index (χ3n) is 1.92. The predicted octanol–water partition coefficient (Wildman–Crippen LogP) is 4.41. The first kappa shape index (κ1) is 19.9. The summed E-state index contributed by atoms with van der Waals surface area (Å²) in [6, 6.07) is 5.06. The van der Waals surface area contributed by atoms with Crippen molar-refractivity contribution in [2.45, 2.75) is 23.5 Å². The fourth-order valence-corrected chi connectivity index (χ4v) is 1.33. The molecule has 0 saturated heterocycles. The van der Waals surface area contributed by atoms with E-state index in [1.54, 1.807) is 32.0 Å². The maximum absolute atomic E-state index is 11.3. The number of carbonyl (C=O) groups is 2. The second-order valence-electron chi connectivity index (χ2n) is 3.66. The lowest BCUT2D eigenvalue weighted by atomic mass is 10.3. The number of para-hydroxylation sites is 1. The molecule has 4 nitrogen and oxygen atoms in total. The number of benzene rings is 1. The number of halogens is 4. The van der Waals surface area contributed by atoms with Crippen molar-refractivity contribution in [3.8, 4) is 5.75 Å². The number of anilines is 1. The zero-order valence-electron chi connectivity index (χ0n) is 10.7. The van der Waals surface area contributed by atoms with Crippen molar-refractivity contribution in [2.75, 3.05) is 5.32 Å². The van der Waals surface area contributed by atoms with Crippen molar-refractivity contribution in [3.05, 3.63) is 22.7 Å². The molecule has 2 unspecified atom stereocenters. The Hall–Kier alpha value is -0.110. The monoisotopic (exact) mass is 491 g/mol. The molecule has 0 radical (unpaired) electrons. The largest absolute Gasteiger partial charge is 0.505 e. The summed E-state index contributed by atoms with van der Waals surface area (Å²) in [5.41, 5.74) is 0.399. The van der Waals surface area contributed by atoms with Crippen LogP contribution in [0.5, 0.6) is 5.75 Å². The molecule has 0 aliphatic heterocycles. The molecule has 0 spiro atoms. The minimum atomic E-state index is -0.352. The van der Waals surface area contributed by atoms with Crippen molar-refractivity contribution in [1.29, 1.82) is 0 Å². The van der Waals surface area contributed by atoms with Gasteiger partial charge >= 0.3 is 0 Å². The van der Waals surface area contributed by atoms with Crippen LogP contribution in [0.4, 0.5) is 5.69 Å². The van der Waals surface area contributed by atoms with Crippen LogP contribution in [-0.2, 0) is 9.59 Å². The second kappa shape index (κ2) is 9.76. The van der Waals surface area contributed by atoms with E-state index in [0.717, 1.165) is 0 Å². The van der Waals surface area contributed by atoms with E-state index in [1.165, 1.54) is 0 Å². The highest BCUT2D eigenvalue weighted by Crippen LogP contribution is 2.31. The molecule has 0 heterocycles. The smallest absolute Gasteiger partial charge is 0.237 e. The van der Waals surface area contributed by atoms with Gasteiger partial charge in [0.2, 0.25) is 11.1 Å². The van der Waals surface area contributed by atoms with E-state index < -0.39 is 0 Å². The summed E-state index contributed by atoms with van der Waals surface area (Å²) < 4.78 is 0.553. The average Bonchev–Trinajstić information content (AvgIpc) is 2.35. The van der Waals surface area contributed by atoms with Gasteiger partial charge < -0.3 is 10.4 Å². The van der Waals surface area contributed by atoms with Crippen molar-refractivity contribution in [2.24, 2.45) is 0 Å². The van der Waals surface area contributed by atoms with Gasteiger partial charge in [0.1, 0.15) is 0 Å². The van der Waals surface area contributed by atoms with Crippen LogP contribution in [0.15, 0.2) is 22.7 Å². The molecular weight excluding hydrogens is 481 g/mol. The zero-order chi connectivity index (χ0) is 15.9. The lowest BCUT2D eigenvalue weighted by Gasteiger charge is -2.09. The minimum Gasteiger partial charge on any atom is -0.505 e. The number of hydrogen-bond acceptors (Lipinski definition) is 3. The minimum absolute atomic E-state index is 0.0361. The van der Waals surface area contributed by atoms with Gasteiger partial charge in [-0.25, -0.2) is 0 Å². The van der Waals surface area contributed by atoms with E-state index in [4.69, 9.17) is 11.6 Å². The highest BCUT2D eigenvalue weighted by Gasteiger charge is 2.12. The highest BCUT2D eigenvalue weighted by atomic mass is 79.9. The quantitative estimate of drug-likeness (QED) is 0.372. The lowest BCUT2D eigenvalue weighted by molar-refractivity contribution is -0.115. The van der Waals surface area contributed by atoms with Gasteiger partial charge in [-0.3, -0.25) is 9.59 Å². The van der Waals surface area contributed by atoms with Crippen LogP contribution in [0.3, 0.4) is 0 Å². The van der Waals surface area contributed by atoms with Crippen molar-refractivity contribution >= 4 is 76.2 Å². The van der Waals surface area contributed by atoms with E-state index in [9.17, 15) is 14.7 Å². The number of amides is 1. The van der Waals surface area contributed by atoms with Crippen LogP contribution in [0.1, 0.15) is 13.8 Å². The molecule has 112 valence electrons. The molecule has 1 amide bonds. The van der Waals surface area contributed by atoms with Crippen LogP contribution in [0, 0.1) is 0 Å². The van der Waals surface area contributed by atoms with Crippen molar-refractivity contribution < 1.29 is 14.7 Å². The Bertz CT molecular complexity index is 481. The molecular formula is C12H13Br3ClNO3. The van der Waals surface area contributed by atoms with E-state index in [-0.39, 0.29) is 26.6 Å². The molecule has 1 aromatic rings. The summed E-state index contributed by atoms with van der Waals surface area (Å²) in [5, 5.41) is 11.8. The second-order valence-corrected chi connectivity index (χ2v) is 7.64. The number of rotatable bonds is 3. The fourth-order valence-electron chi connectivity index (χ4n) is 0.848. The maximum atomic E-state index is 11.3. The number of hydrogen-bond donors (Lipinski definition) is 2. The summed E-state index contributed by atoms with van der Waals surface area (Å²) in [6.07, 6.45) is 0. The molecule has 0 fully saturated rings. The molecule has 1 aromatic carbocycles. The topological polar surface area (TPSA) is 66.4 Å². The summed E-state index contributed by atoms with van der Waals surface area (Å²) in [4.78, 5) is 20.7. The summed E-state index contributed by atoms with van der Waals surface area (Å²) in [5.74, 6) is -0.160. The predicted molar refractivity (Wildman–Crippen MR) is 92.1 cm³/mol. The molecule has 0 aromatic heterocycles. The molecule has 0 saturated carbocycles. The third-order valence-corrected chi connectivity index (χ3v) is 3.98. The van der Waals surface area contributed by atoms with Gasteiger partial charge in [0, 0.05) is 0 Å². The Kier molecular flexibility index (Phi) is 9.71. The average molecular weight is 494 g/mol. The van der Waals surface area contributed by atoms with Crippen LogP contribution in [-0.4, -0.2) is 25.9 Å². The molecule has 0 aliphatic carbocycles. The van der Waals surface area contributed by atoms with E-state index in [2.05, 4.69) is 53.1 Å². The van der Waals surface area contributed by atoms with Crippen LogP contribution < -0.4 is 5.32 Å². The van der Waals surface area contributed by atoms with Gasteiger partial charge in [-0.1, -0.05) is 37.9 Å². The van der Waals surface area contributed by atoms with Gasteiger partial charge in [-0.15, -0.1) is 0 Å². The SMILES string of the molecule is CC(Br)C(=O)Cl.CC(Br)C(=O)Nc1cccc(Br)c1O. The highest BCUT2D eigenvalue weighted by molar-refractivity contribution is 9.10. The molecule has 2 N–H and O–H groups in total. The van der Waals surface area contributed by atoms with E-state index >= 15 is 0 Å². The van der Waals surface area contributed by atoms with E-state index in [0.29, 0.717) is 10.2 Å². The number of phenols is 1. The summed E-state index contributed by atoms with van der Waals surface area (Å²) in [6.45, 7) is 3.39. The van der Waals surface area contributed by atoms with Gasteiger partial charge in [0.15, 0.2) is 5.75 Å². The summed E-state index contributed by atoms with van der Waals surface area (Å²) >= 11 is 14.2. The van der Waals surface area contributed by atoms with Crippen LogP contribution in [0.25, 0.3) is 0 Å². The van der Waals surface area contributed by atoms with Crippen LogP contribution in [0.2, 0.25) is 0 Å². The van der Waals surface area contributed by atoms with Gasteiger partial charge in [-0.2, -0.15) is 0 Å². The first-order valence-electron chi connectivity index (χ1n) is 5.42. The number of alkyl halides is 2. The fraction of sp³-hybridized carbons (Fsp3) is 0.333. The Labute approximate surface area is 147 Å². The molecule has 20 heavy (non-hydrogen) atoms. The number of phenolic OH excluding ortho intramolecular Hbond substituents is 1. The van der Waals surface area contributed by atoms with Crippen molar-refractivity contribution in [1.82, 2.24) is 0 Å². The lowest BCUT2D eigenvalue weighted by Crippen LogP contribution is -2.19. The zero-order valence-corrected chi connectivity index (χ0v) is 16.2. The van der Waals surface area contributed by atoms with Crippen molar-refractivity contribution in [3.63, 3.8) is 0 Å². The maximum Gasteiger partial charge on any atom is 0.237 e. The number of aromatic hydroxyl groups is 1. The summed E-state index contributed by atoms with van der Waals surface area (Å²) in [7, 11) is 0. The standard InChI is InChI=1S/C9H9Br2NO2.C3H4BrClO/c1-5(10)9(14)12-7-4-2-3-6(11)8(7)13;1-2(4)3(5)6/h2-5,13H,1H3,(H,12,14);2H,1H3. The van der Waals surface area contributed by atoms with E-state index in [1.807, 2.05) is 0 Å². The molecule has 1 rings (SSSR count). The van der Waals surface area contributed by atoms with Crippen LogP contribution >= 0.6 is 59.4 Å². The number of nitrogens with one attached hydrogen (secondary N) is 1. The molecule has 0 bridgehead atoms. The Morgan fingerprint density at radius 2 is 1.75 bits per heavy atom. The van der Waals surface area contributed by atoms with Gasteiger partial charge in [0.25, 0.3) is 0 Å².